The lowest BCUT2D eigenvalue weighted by Crippen LogP contribution is -2.17. The highest BCUT2D eigenvalue weighted by molar-refractivity contribution is 7.92. The number of amides is 1. The first-order valence-electron chi connectivity index (χ1n) is 10.3. The topological polar surface area (TPSA) is 93.7 Å². The van der Waals surface area contributed by atoms with Gasteiger partial charge in [-0.25, -0.2) is 8.42 Å². The van der Waals surface area contributed by atoms with Crippen LogP contribution >= 0.6 is 0 Å². The zero-order valence-corrected chi connectivity index (χ0v) is 18.3. The molecular weight excluding hydrogens is 440 g/mol. The van der Waals surface area contributed by atoms with Gasteiger partial charge in [-0.05, 0) is 53.2 Å². The van der Waals surface area contributed by atoms with Crippen LogP contribution in [0.3, 0.4) is 0 Å². The predicted molar refractivity (Wildman–Crippen MR) is 127 cm³/mol. The average molecular weight is 461 g/mol. The summed E-state index contributed by atoms with van der Waals surface area (Å²) in [5, 5.41) is 4.95. The third-order valence-electron chi connectivity index (χ3n) is 5.21. The van der Waals surface area contributed by atoms with E-state index in [9.17, 15) is 13.2 Å². The van der Waals surface area contributed by atoms with E-state index in [1.165, 1.54) is 18.2 Å². The standard InChI is InChI=1S/C25H20N2O5S/c28-25(26-20-9-8-17-4-1-2-5-18(17)14-20)19-6-3-7-21(15-19)27-33(29,30)22-10-11-23-24(16-22)32-13-12-31-23/h1-11,14-16,27H,12-13H2,(H,26,28). The number of rotatable bonds is 5. The van der Waals surface area contributed by atoms with Crippen LogP contribution in [-0.4, -0.2) is 27.5 Å². The van der Waals surface area contributed by atoms with Gasteiger partial charge in [0.1, 0.15) is 13.2 Å². The minimum Gasteiger partial charge on any atom is -0.486 e. The summed E-state index contributed by atoms with van der Waals surface area (Å²) in [5.74, 6) is 0.547. The summed E-state index contributed by atoms with van der Waals surface area (Å²) in [6, 6.07) is 24.3. The van der Waals surface area contributed by atoms with E-state index in [0.29, 0.717) is 36.0 Å². The van der Waals surface area contributed by atoms with Gasteiger partial charge in [0.15, 0.2) is 11.5 Å². The monoisotopic (exact) mass is 460 g/mol. The molecule has 1 aliphatic heterocycles. The molecule has 0 saturated heterocycles. The molecule has 0 spiro atoms. The van der Waals surface area contributed by atoms with Crippen LogP contribution in [0.5, 0.6) is 11.5 Å². The van der Waals surface area contributed by atoms with E-state index in [2.05, 4.69) is 10.0 Å². The highest BCUT2D eigenvalue weighted by Gasteiger charge is 2.20. The van der Waals surface area contributed by atoms with Crippen molar-refractivity contribution >= 4 is 38.1 Å². The Morgan fingerprint density at radius 3 is 2.36 bits per heavy atom. The van der Waals surface area contributed by atoms with Crippen LogP contribution in [0, 0.1) is 0 Å². The first-order valence-corrected chi connectivity index (χ1v) is 11.8. The fraction of sp³-hybridized carbons (Fsp3) is 0.0800. The fourth-order valence-electron chi connectivity index (χ4n) is 3.60. The van der Waals surface area contributed by atoms with Crippen LogP contribution in [0.25, 0.3) is 10.8 Å². The van der Waals surface area contributed by atoms with Crippen molar-refractivity contribution in [2.24, 2.45) is 0 Å². The molecule has 166 valence electrons. The lowest BCUT2D eigenvalue weighted by atomic mass is 10.1. The maximum Gasteiger partial charge on any atom is 0.262 e. The lowest BCUT2D eigenvalue weighted by Gasteiger charge is -2.19. The number of carbonyl (C=O) groups excluding carboxylic acids is 1. The molecule has 4 aromatic carbocycles. The van der Waals surface area contributed by atoms with Gasteiger partial charge in [-0.15, -0.1) is 0 Å². The Kier molecular flexibility index (Phi) is 5.35. The molecule has 0 unspecified atom stereocenters. The van der Waals surface area contributed by atoms with Crippen LogP contribution < -0.4 is 19.5 Å². The lowest BCUT2D eigenvalue weighted by molar-refractivity contribution is 0.102. The Morgan fingerprint density at radius 1 is 0.727 bits per heavy atom. The molecular formula is C25H20N2O5S. The van der Waals surface area contributed by atoms with Crippen molar-refractivity contribution in [3.8, 4) is 11.5 Å². The molecule has 1 aliphatic rings. The van der Waals surface area contributed by atoms with E-state index in [4.69, 9.17) is 9.47 Å². The fourth-order valence-corrected chi connectivity index (χ4v) is 4.66. The van der Waals surface area contributed by atoms with Crippen LogP contribution in [0.2, 0.25) is 0 Å². The summed E-state index contributed by atoms with van der Waals surface area (Å²) >= 11 is 0. The molecule has 0 aliphatic carbocycles. The van der Waals surface area contributed by atoms with Gasteiger partial charge in [0, 0.05) is 23.0 Å². The molecule has 8 heteroatoms. The molecule has 5 rings (SSSR count). The van der Waals surface area contributed by atoms with Crippen molar-refractivity contribution in [1.29, 1.82) is 0 Å². The Bertz CT molecular complexity index is 1470. The number of benzene rings is 4. The summed E-state index contributed by atoms with van der Waals surface area (Å²) in [4.78, 5) is 12.8. The summed E-state index contributed by atoms with van der Waals surface area (Å²) in [6.45, 7) is 0.781. The smallest absolute Gasteiger partial charge is 0.262 e. The maximum atomic E-state index is 12.9. The van der Waals surface area contributed by atoms with E-state index in [-0.39, 0.29) is 16.5 Å². The molecule has 7 nitrogen and oxygen atoms in total. The number of nitrogens with one attached hydrogen (secondary N) is 2. The van der Waals surface area contributed by atoms with E-state index < -0.39 is 10.0 Å². The van der Waals surface area contributed by atoms with Crippen molar-refractivity contribution in [3.05, 3.63) is 90.5 Å². The van der Waals surface area contributed by atoms with Crippen molar-refractivity contribution in [3.63, 3.8) is 0 Å². The van der Waals surface area contributed by atoms with Gasteiger partial charge in [0.05, 0.1) is 4.90 Å². The molecule has 2 N–H and O–H groups in total. The molecule has 33 heavy (non-hydrogen) atoms. The molecule has 0 fully saturated rings. The molecule has 1 amide bonds. The number of hydrogen-bond donors (Lipinski definition) is 2. The largest absolute Gasteiger partial charge is 0.486 e. The van der Waals surface area contributed by atoms with Gasteiger partial charge in [-0.3, -0.25) is 9.52 Å². The molecule has 0 atom stereocenters. The highest BCUT2D eigenvalue weighted by atomic mass is 32.2. The second-order valence-electron chi connectivity index (χ2n) is 7.51. The van der Waals surface area contributed by atoms with E-state index >= 15 is 0 Å². The quantitative estimate of drug-likeness (QED) is 0.452. The predicted octanol–water partition coefficient (Wildman–Crippen LogP) is 4.66. The van der Waals surface area contributed by atoms with Crippen LogP contribution in [0.4, 0.5) is 11.4 Å². The number of carbonyl (C=O) groups is 1. The van der Waals surface area contributed by atoms with Gasteiger partial charge in [-0.1, -0.05) is 36.4 Å². The Hall–Kier alpha value is -4.04. The number of ether oxygens (including phenoxy) is 2. The van der Waals surface area contributed by atoms with Crippen molar-refractivity contribution in [2.75, 3.05) is 23.3 Å². The summed E-state index contributed by atoms with van der Waals surface area (Å²) in [6.07, 6.45) is 0. The zero-order valence-electron chi connectivity index (χ0n) is 17.4. The average Bonchev–Trinajstić information content (AvgIpc) is 2.83. The number of sulfonamides is 1. The summed E-state index contributed by atoms with van der Waals surface area (Å²) in [5.41, 5.74) is 1.25. The molecule has 0 radical (unpaired) electrons. The van der Waals surface area contributed by atoms with Gasteiger partial charge in [0.2, 0.25) is 0 Å². The third-order valence-corrected chi connectivity index (χ3v) is 6.59. The van der Waals surface area contributed by atoms with Gasteiger partial charge >= 0.3 is 0 Å². The van der Waals surface area contributed by atoms with Gasteiger partial charge < -0.3 is 14.8 Å². The van der Waals surface area contributed by atoms with Crippen LogP contribution in [0.1, 0.15) is 10.4 Å². The second kappa shape index (κ2) is 8.48. The van der Waals surface area contributed by atoms with E-state index in [1.807, 2.05) is 42.5 Å². The van der Waals surface area contributed by atoms with Crippen LogP contribution in [-0.2, 0) is 10.0 Å². The Balaban J connectivity index is 1.34. The number of anilines is 2. The minimum absolute atomic E-state index is 0.0396. The van der Waals surface area contributed by atoms with Gasteiger partial charge in [0.25, 0.3) is 15.9 Å². The highest BCUT2D eigenvalue weighted by Crippen LogP contribution is 2.32. The first-order chi connectivity index (χ1) is 16.0. The molecule has 0 saturated carbocycles. The molecule has 1 heterocycles. The van der Waals surface area contributed by atoms with Crippen molar-refractivity contribution in [2.45, 2.75) is 4.90 Å². The summed E-state index contributed by atoms with van der Waals surface area (Å²) in [7, 11) is -3.89. The second-order valence-corrected chi connectivity index (χ2v) is 9.19. The van der Waals surface area contributed by atoms with Crippen molar-refractivity contribution in [1.82, 2.24) is 0 Å². The van der Waals surface area contributed by atoms with E-state index in [1.54, 1.807) is 24.3 Å². The molecule has 4 aromatic rings. The van der Waals surface area contributed by atoms with E-state index in [0.717, 1.165) is 10.8 Å². The third kappa shape index (κ3) is 4.47. The zero-order chi connectivity index (χ0) is 22.8. The first kappa shape index (κ1) is 20.8. The maximum absolute atomic E-state index is 12.9. The SMILES string of the molecule is O=C(Nc1ccc2ccccc2c1)c1cccc(NS(=O)(=O)c2ccc3c(c2)OCCO3)c1. The molecule has 0 aromatic heterocycles. The number of hydrogen-bond acceptors (Lipinski definition) is 5. The normalized spacial score (nSPS) is 12.8. The number of fused-ring (bicyclic) bond motifs is 2. The summed E-state index contributed by atoms with van der Waals surface area (Å²) < 4.78 is 39.2. The Morgan fingerprint density at radius 2 is 1.52 bits per heavy atom. The van der Waals surface area contributed by atoms with Gasteiger partial charge in [-0.2, -0.15) is 0 Å². The molecule has 0 bridgehead atoms. The van der Waals surface area contributed by atoms with Crippen molar-refractivity contribution < 1.29 is 22.7 Å². The minimum atomic E-state index is -3.89. The Labute approximate surface area is 191 Å². The van der Waals surface area contributed by atoms with Crippen LogP contribution in [0.15, 0.2) is 89.8 Å².